The van der Waals surface area contributed by atoms with Crippen LogP contribution in [0.15, 0.2) is 6.20 Å². The molecule has 19 heavy (non-hydrogen) atoms. The first kappa shape index (κ1) is 14.3. The number of hydrogen-bond acceptors (Lipinski definition) is 4. The summed E-state index contributed by atoms with van der Waals surface area (Å²) in [6.45, 7) is 6.25. The number of nitrogens with zero attached hydrogens (tertiary/aromatic N) is 2. The first-order valence-electron chi connectivity index (χ1n) is 7.23. The number of ether oxygens (including phenoxy) is 1. The molecule has 4 nitrogen and oxygen atoms in total. The molecule has 1 aromatic rings. The Bertz CT molecular complexity index is 421. The van der Waals surface area contributed by atoms with Gasteiger partial charge in [0.25, 0.3) is 0 Å². The van der Waals surface area contributed by atoms with Crippen molar-refractivity contribution in [1.82, 2.24) is 9.97 Å². The lowest BCUT2D eigenvalue weighted by Gasteiger charge is -2.27. The Morgan fingerprint density at radius 2 is 2.21 bits per heavy atom. The maximum atomic E-state index is 9.44. The molecule has 2 rings (SSSR count). The van der Waals surface area contributed by atoms with E-state index < -0.39 is 0 Å². The first-order valence-corrected chi connectivity index (χ1v) is 7.23. The standard InChI is InChI=1S/C15H24N2O2/c1-10(2)15-16-8-14(13(9-18)17-15)19-12-6-4-5-11(3)7-12/h8,10-12,18H,4-7,9H2,1-3H3. The predicted octanol–water partition coefficient (Wildman–Crippen LogP) is 3.05. The van der Waals surface area contributed by atoms with E-state index in [0.717, 1.165) is 18.7 Å². The fourth-order valence-electron chi connectivity index (χ4n) is 2.58. The van der Waals surface area contributed by atoms with Crippen molar-refractivity contribution < 1.29 is 9.84 Å². The highest BCUT2D eigenvalue weighted by Gasteiger charge is 2.22. The van der Waals surface area contributed by atoms with Gasteiger partial charge in [-0.3, -0.25) is 0 Å². The van der Waals surface area contributed by atoms with Gasteiger partial charge >= 0.3 is 0 Å². The molecule has 2 atom stereocenters. The summed E-state index contributed by atoms with van der Waals surface area (Å²) in [6, 6.07) is 0. The van der Waals surface area contributed by atoms with Gasteiger partial charge in [0.2, 0.25) is 0 Å². The van der Waals surface area contributed by atoms with Gasteiger partial charge in [-0.05, 0) is 25.2 Å². The Balaban J connectivity index is 2.11. The average Bonchev–Trinajstić information content (AvgIpc) is 2.39. The lowest BCUT2D eigenvalue weighted by atomic mass is 9.89. The van der Waals surface area contributed by atoms with E-state index in [1.54, 1.807) is 6.20 Å². The zero-order valence-electron chi connectivity index (χ0n) is 12.1. The van der Waals surface area contributed by atoms with Crippen molar-refractivity contribution >= 4 is 0 Å². The lowest BCUT2D eigenvalue weighted by Crippen LogP contribution is -2.25. The van der Waals surface area contributed by atoms with E-state index in [-0.39, 0.29) is 18.6 Å². The maximum Gasteiger partial charge on any atom is 0.161 e. The summed E-state index contributed by atoms with van der Waals surface area (Å²) in [7, 11) is 0. The van der Waals surface area contributed by atoms with Crippen LogP contribution in [0.5, 0.6) is 5.75 Å². The Labute approximate surface area is 115 Å². The van der Waals surface area contributed by atoms with Crippen molar-refractivity contribution in [1.29, 1.82) is 0 Å². The largest absolute Gasteiger partial charge is 0.487 e. The zero-order valence-corrected chi connectivity index (χ0v) is 12.1. The number of aliphatic hydroxyl groups is 1. The molecule has 0 radical (unpaired) electrons. The van der Waals surface area contributed by atoms with E-state index in [2.05, 4.69) is 16.9 Å². The van der Waals surface area contributed by atoms with E-state index in [1.165, 1.54) is 12.8 Å². The Kier molecular flexibility index (Phi) is 4.75. The van der Waals surface area contributed by atoms with E-state index in [1.807, 2.05) is 13.8 Å². The lowest BCUT2D eigenvalue weighted by molar-refractivity contribution is 0.124. The van der Waals surface area contributed by atoms with Crippen LogP contribution in [0, 0.1) is 5.92 Å². The van der Waals surface area contributed by atoms with Crippen LogP contribution in [0.1, 0.15) is 63.9 Å². The van der Waals surface area contributed by atoms with Gasteiger partial charge in [-0.15, -0.1) is 0 Å². The normalized spacial score (nSPS) is 23.6. The Morgan fingerprint density at radius 1 is 1.42 bits per heavy atom. The van der Waals surface area contributed by atoms with Gasteiger partial charge < -0.3 is 9.84 Å². The van der Waals surface area contributed by atoms with Gasteiger partial charge in [0, 0.05) is 5.92 Å². The summed E-state index contributed by atoms with van der Waals surface area (Å²) in [5.74, 6) is 2.38. The molecule has 0 aromatic carbocycles. The third kappa shape index (κ3) is 3.66. The summed E-state index contributed by atoms with van der Waals surface area (Å²) < 4.78 is 6.00. The molecule has 0 aliphatic heterocycles. The molecule has 0 amide bonds. The van der Waals surface area contributed by atoms with Crippen molar-refractivity contribution in [3.8, 4) is 5.75 Å². The summed E-state index contributed by atoms with van der Waals surface area (Å²) in [5.41, 5.74) is 0.608. The van der Waals surface area contributed by atoms with Crippen molar-refractivity contribution in [2.45, 2.75) is 65.1 Å². The molecule has 1 saturated carbocycles. The van der Waals surface area contributed by atoms with Crippen molar-refractivity contribution in [3.05, 3.63) is 17.7 Å². The van der Waals surface area contributed by atoms with Crippen molar-refractivity contribution in [2.75, 3.05) is 0 Å². The van der Waals surface area contributed by atoms with Crippen LogP contribution in [0.3, 0.4) is 0 Å². The van der Waals surface area contributed by atoms with Gasteiger partial charge in [-0.2, -0.15) is 0 Å². The summed E-state index contributed by atoms with van der Waals surface area (Å²) in [6.07, 6.45) is 6.62. The van der Waals surface area contributed by atoms with Crippen LogP contribution >= 0.6 is 0 Å². The summed E-state index contributed by atoms with van der Waals surface area (Å²) in [4.78, 5) is 8.71. The van der Waals surface area contributed by atoms with E-state index in [4.69, 9.17) is 4.74 Å². The van der Waals surface area contributed by atoms with Crippen LogP contribution in [0.25, 0.3) is 0 Å². The van der Waals surface area contributed by atoms with E-state index in [9.17, 15) is 5.11 Å². The SMILES string of the molecule is CC1CCCC(Oc2cnc(C(C)C)nc2CO)C1. The van der Waals surface area contributed by atoms with Crippen LogP contribution < -0.4 is 4.74 Å². The highest BCUT2D eigenvalue weighted by atomic mass is 16.5. The minimum Gasteiger partial charge on any atom is -0.487 e. The minimum atomic E-state index is -0.0974. The molecule has 4 heteroatoms. The fraction of sp³-hybridized carbons (Fsp3) is 0.733. The first-order chi connectivity index (χ1) is 9.10. The van der Waals surface area contributed by atoms with Crippen LogP contribution in [-0.2, 0) is 6.61 Å². The zero-order chi connectivity index (χ0) is 13.8. The van der Waals surface area contributed by atoms with Gasteiger partial charge in [0.15, 0.2) is 5.75 Å². The van der Waals surface area contributed by atoms with Crippen molar-refractivity contribution in [2.24, 2.45) is 5.92 Å². The molecular formula is C15H24N2O2. The highest BCUT2D eigenvalue weighted by Crippen LogP contribution is 2.28. The molecule has 1 aromatic heterocycles. The quantitative estimate of drug-likeness (QED) is 0.908. The molecule has 1 heterocycles. The Hall–Kier alpha value is -1.16. The molecule has 0 spiro atoms. The van der Waals surface area contributed by atoms with Crippen LogP contribution in [0.2, 0.25) is 0 Å². The van der Waals surface area contributed by atoms with Gasteiger partial charge in [0.05, 0.1) is 18.9 Å². The van der Waals surface area contributed by atoms with Gasteiger partial charge in [-0.25, -0.2) is 9.97 Å². The molecule has 0 bridgehead atoms. The highest BCUT2D eigenvalue weighted by molar-refractivity contribution is 5.25. The number of hydrogen-bond donors (Lipinski definition) is 1. The topological polar surface area (TPSA) is 55.2 Å². The average molecular weight is 264 g/mol. The molecule has 1 N–H and O–H groups in total. The maximum absolute atomic E-state index is 9.44. The summed E-state index contributed by atoms with van der Waals surface area (Å²) >= 11 is 0. The molecule has 0 saturated heterocycles. The second-order valence-corrected chi connectivity index (χ2v) is 5.86. The van der Waals surface area contributed by atoms with Gasteiger partial charge in [-0.1, -0.05) is 27.2 Å². The number of rotatable bonds is 4. The summed E-state index contributed by atoms with van der Waals surface area (Å²) in [5, 5.41) is 9.44. The second kappa shape index (κ2) is 6.33. The number of aliphatic hydroxyl groups excluding tert-OH is 1. The van der Waals surface area contributed by atoms with E-state index in [0.29, 0.717) is 17.4 Å². The predicted molar refractivity (Wildman–Crippen MR) is 74.1 cm³/mol. The molecule has 1 fully saturated rings. The fourth-order valence-corrected chi connectivity index (χ4v) is 2.58. The van der Waals surface area contributed by atoms with Crippen molar-refractivity contribution in [3.63, 3.8) is 0 Å². The number of aromatic nitrogens is 2. The molecule has 2 unspecified atom stereocenters. The smallest absolute Gasteiger partial charge is 0.161 e. The van der Waals surface area contributed by atoms with Gasteiger partial charge in [0.1, 0.15) is 11.5 Å². The second-order valence-electron chi connectivity index (χ2n) is 5.86. The van der Waals surface area contributed by atoms with Crippen LogP contribution in [0.4, 0.5) is 0 Å². The van der Waals surface area contributed by atoms with E-state index >= 15 is 0 Å². The monoisotopic (exact) mass is 264 g/mol. The third-order valence-corrected chi connectivity index (χ3v) is 3.70. The third-order valence-electron chi connectivity index (χ3n) is 3.70. The molecular weight excluding hydrogens is 240 g/mol. The molecule has 106 valence electrons. The molecule has 1 aliphatic carbocycles. The molecule has 1 aliphatic rings. The Morgan fingerprint density at radius 3 is 2.84 bits per heavy atom. The minimum absolute atomic E-state index is 0.0974. The van der Waals surface area contributed by atoms with Crippen LogP contribution in [-0.4, -0.2) is 21.2 Å².